The number of hydrogen-bond acceptors (Lipinski definition) is 3. The molecule has 3 nitrogen and oxygen atoms in total. The van der Waals surface area contributed by atoms with E-state index < -0.39 is 0 Å². The van der Waals surface area contributed by atoms with Crippen molar-refractivity contribution in [2.24, 2.45) is 0 Å². The molecule has 2 aromatic rings. The number of anilines is 1. The fraction of sp³-hybridized carbons (Fsp3) is 0.375. The maximum Gasteiger partial charge on any atom is 0.135 e. The van der Waals surface area contributed by atoms with Crippen molar-refractivity contribution in [1.29, 1.82) is 0 Å². The number of benzene rings is 1. The van der Waals surface area contributed by atoms with Gasteiger partial charge in [-0.3, -0.25) is 0 Å². The van der Waals surface area contributed by atoms with Crippen LogP contribution in [0.1, 0.15) is 43.8 Å². The van der Waals surface area contributed by atoms with Gasteiger partial charge in [-0.1, -0.05) is 37.6 Å². The third-order valence-electron chi connectivity index (χ3n) is 3.02. The lowest BCUT2D eigenvalue weighted by Gasteiger charge is -2.11. The average Bonchev–Trinajstić information content (AvgIpc) is 2.41. The Bertz CT molecular complexity index is 564. The van der Waals surface area contributed by atoms with E-state index in [1.165, 1.54) is 0 Å². The molecule has 0 bridgehead atoms. The number of aromatic nitrogens is 2. The molecule has 2 rings (SSSR count). The molecule has 0 atom stereocenters. The molecule has 0 radical (unpaired) electrons. The molecule has 106 valence electrons. The van der Waals surface area contributed by atoms with E-state index in [0.717, 1.165) is 40.9 Å². The second-order valence-corrected chi connectivity index (χ2v) is 5.52. The number of nitrogens with zero attached hydrogens (tertiary/aromatic N) is 2. The normalized spacial score (nSPS) is 10.8. The first kappa shape index (κ1) is 14.8. The molecule has 0 amide bonds. The predicted molar refractivity (Wildman–Crippen MR) is 84.5 cm³/mol. The van der Waals surface area contributed by atoms with Crippen molar-refractivity contribution in [2.75, 3.05) is 11.9 Å². The van der Waals surface area contributed by atoms with Crippen LogP contribution in [0.3, 0.4) is 0 Å². The number of nitrogens with one attached hydrogen (secondary N) is 1. The summed E-state index contributed by atoms with van der Waals surface area (Å²) in [5, 5.41) is 4.01. The molecule has 1 heterocycles. The minimum absolute atomic E-state index is 0.388. The molecule has 0 fully saturated rings. The van der Waals surface area contributed by atoms with E-state index in [4.69, 9.17) is 11.6 Å². The van der Waals surface area contributed by atoms with E-state index in [1.807, 2.05) is 30.3 Å². The Labute approximate surface area is 125 Å². The SMILES string of the molecule is CCNc1cc(C(C)C)nc(Cc2ccc(Cl)cc2)n1. The van der Waals surface area contributed by atoms with E-state index in [1.54, 1.807) is 0 Å². The highest BCUT2D eigenvalue weighted by Crippen LogP contribution is 2.18. The van der Waals surface area contributed by atoms with E-state index >= 15 is 0 Å². The van der Waals surface area contributed by atoms with Gasteiger partial charge < -0.3 is 5.32 Å². The maximum absolute atomic E-state index is 5.91. The molecule has 0 saturated heterocycles. The first-order valence-electron chi connectivity index (χ1n) is 6.94. The molecule has 0 spiro atoms. The van der Waals surface area contributed by atoms with Gasteiger partial charge in [0.15, 0.2) is 0 Å². The molecule has 1 aromatic carbocycles. The first-order chi connectivity index (χ1) is 9.58. The third kappa shape index (κ3) is 3.94. The quantitative estimate of drug-likeness (QED) is 0.893. The highest BCUT2D eigenvalue weighted by molar-refractivity contribution is 6.30. The van der Waals surface area contributed by atoms with Crippen molar-refractivity contribution in [3.8, 4) is 0 Å². The van der Waals surface area contributed by atoms with E-state index in [-0.39, 0.29) is 0 Å². The zero-order chi connectivity index (χ0) is 14.5. The second-order valence-electron chi connectivity index (χ2n) is 5.08. The topological polar surface area (TPSA) is 37.8 Å². The summed E-state index contributed by atoms with van der Waals surface area (Å²) in [6.07, 6.45) is 0.718. The Hall–Kier alpha value is -1.61. The largest absolute Gasteiger partial charge is 0.370 e. The summed E-state index contributed by atoms with van der Waals surface area (Å²) in [6, 6.07) is 9.85. The Kier molecular flexibility index (Phi) is 4.96. The van der Waals surface area contributed by atoms with Gasteiger partial charge in [0.1, 0.15) is 11.6 Å². The van der Waals surface area contributed by atoms with Crippen LogP contribution >= 0.6 is 11.6 Å². The molecule has 20 heavy (non-hydrogen) atoms. The van der Waals surface area contributed by atoms with Crippen molar-refractivity contribution >= 4 is 17.4 Å². The first-order valence-corrected chi connectivity index (χ1v) is 7.32. The van der Waals surface area contributed by atoms with Crippen molar-refractivity contribution in [3.63, 3.8) is 0 Å². The molecular formula is C16H20ClN3. The van der Waals surface area contributed by atoms with Gasteiger partial charge in [0, 0.05) is 29.7 Å². The molecule has 0 saturated carbocycles. The summed E-state index contributed by atoms with van der Waals surface area (Å²) in [6.45, 7) is 7.21. The molecule has 4 heteroatoms. The van der Waals surface area contributed by atoms with Crippen molar-refractivity contribution in [1.82, 2.24) is 9.97 Å². The van der Waals surface area contributed by atoms with Gasteiger partial charge in [-0.2, -0.15) is 0 Å². The lowest BCUT2D eigenvalue weighted by Crippen LogP contribution is -2.07. The average molecular weight is 290 g/mol. The van der Waals surface area contributed by atoms with Crippen molar-refractivity contribution in [2.45, 2.75) is 33.1 Å². The fourth-order valence-electron chi connectivity index (χ4n) is 1.95. The van der Waals surface area contributed by atoms with Gasteiger partial charge in [-0.05, 0) is 30.5 Å². The zero-order valence-corrected chi connectivity index (χ0v) is 12.9. The highest BCUT2D eigenvalue weighted by Gasteiger charge is 2.08. The van der Waals surface area contributed by atoms with Gasteiger partial charge in [0.05, 0.1) is 0 Å². The molecule has 0 aliphatic heterocycles. The van der Waals surface area contributed by atoms with E-state index in [9.17, 15) is 0 Å². The van der Waals surface area contributed by atoms with Crippen LogP contribution in [0, 0.1) is 0 Å². The predicted octanol–water partition coefficient (Wildman–Crippen LogP) is 4.28. The summed E-state index contributed by atoms with van der Waals surface area (Å²) in [7, 11) is 0. The van der Waals surface area contributed by atoms with Crippen LogP contribution in [0.15, 0.2) is 30.3 Å². The summed E-state index contributed by atoms with van der Waals surface area (Å²) in [4.78, 5) is 9.22. The van der Waals surface area contributed by atoms with Crippen LogP contribution in [0.2, 0.25) is 5.02 Å². The Morgan fingerprint density at radius 1 is 1.15 bits per heavy atom. The Morgan fingerprint density at radius 3 is 2.45 bits per heavy atom. The minimum Gasteiger partial charge on any atom is -0.370 e. The van der Waals surface area contributed by atoms with Crippen LogP contribution in [-0.4, -0.2) is 16.5 Å². The standard InChI is InChI=1S/C16H20ClN3/c1-4-18-15-10-14(11(2)3)19-16(20-15)9-12-5-7-13(17)8-6-12/h5-8,10-11H,4,9H2,1-3H3,(H,18,19,20). The van der Waals surface area contributed by atoms with E-state index in [0.29, 0.717) is 5.92 Å². The summed E-state index contributed by atoms with van der Waals surface area (Å²) in [5.41, 5.74) is 2.23. The molecular weight excluding hydrogens is 270 g/mol. The maximum atomic E-state index is 5.91. The zero-order valence-electron chi connectivity index (χ0n) is 12.2. The van der Waals surface area contributed by atoms with Crippen LogP contribution in [-0.2, 0) is 6.42 Å². The van der Waals surface area contributed by atoms with Crippen molar-refractivity contribution < 1.29 is 0 Å². The highest BCUT2D eigenvalue weighted by atomic mass is 35.5. The Morgan fingerprint density at radius 2 is 1.85 bits per heavy atom. The monoisotopic (exact) mass is 289 g/mol. The Balaban J connectivity index is 2.27. The molecule has 0 unspecified atom stereocenters. The van der Waals surface area contributed by atoms with Crippen molar-refractivity contribution in [3.05, 3.63) is 52.4 Å². The molecule has 0 aliphatic rings. The van der Waals surface area contributed by atoms with Gasteiger partial charge in [-0.15, -0.1) is 0 Å². The van der Waals surface area contributed by atoms with Crippen LogP contribution in [0.4, 0.5) is 5.82 Å². The third-order valence-corrected chi connectivity index (χ3v) is 3.27. The van der Waals surface area contributed by atoms with Gasteiger partial charge in [0.25, 0.3) is 0 Å². The fourth-order valence-corrected chi connectivity index (χ4v) is 2.08. The second kappa shape index (κ2) is 6.71. The number of halogens is 1. The van der Waals surface area contributed by atoms with E-state index in [2.05, 4.69) is 36.1 Å². The van der Waals surface area contributed by atoms with Gasteiger partial charge in [0.2, 0.25) is 0 Å². The lowest BCUT2D eigenvalue weighted by atomic mass is 10.1. The smallest absolute Gasteiger partial charge is 0.135 e. The lowest BCUT2D eigenvalue weighted by molar-refractivity contribution is 0.792. The van der Waals surface area contributed by atoms with Crippen LogP contribution < -0.4 is 5.32 Å². The van der Waals surface area contributed by atoms with Gasteiger partial charge in [-0.25, -0.2) is 9.97 Å². The number of hydrogen-bond donors (Lipinski definition) is 1. The molecule has 0 aliphatic carbocycles. The minimum atomic E-state index is 0.388. The van der Waals surface area contributed by atoms with Crippen LogP contribution in [0.25, 0.3) is 0 Å². The number of rotatable bonds is 5. The summed E-state index contributed by atoms with van der Waals surface area (Å²) < 4.78 is 0. The molecule has 1 N–H and O–H groups in total. The summed E-state index contributed by atoms with van der Waals surface area (Å²) in [5.74, 6) is 2.13. The summed E-state index contributed by atoms with van der Waals surface area (Å²) >= 11 is 5.91. The van der Waals surface area contributed by atoms with Crippen LogP contribution in [0.5, 0.6) is 0 Å². The van der Waals surface area contributed by atoms with Gasteiger partial charge >= 0.3 is 0 Å². The molecule has 1 aromatic heterocycles.